The van der Waals surface area contributed by atoms with Crippen LogP contribution in [0.3, 0.4) is 0 Å². The molecule has 0 atom stereocenters. The van der Waals surface area contributed by atoms with Crippen molar-refractivity contribution in [3.05, 3.63) is 194 Å². The summed E-state index contributed by atoms with van der Waals surface area (Å²) in [6, 6.07) is 65.4. The predicted molar refractivity (Wildman–Crippen MR) is 247 cm³/mol. The van der Waals surface area contributed by atoms with Crippen LogP contribution in [-0.2, 0) is 7.05 Å². The lowest BCUT2D eigenvalue weighted by Crippen LogP contribution is -2.17. The molecule has 5 aromatic heterocycles. The Balaban J connectivity index is 1.04. The number of benzene rings is 6. The van der Waals surface area contributed by atoms with E-state index in [2.05, 4.69) is 201 Å². The fraction of sp³-hybridized carbons (Fsp3) is 0.0196. The molecule has 5 nitrogen and oxygen atoms in total. The number of anilines is 6. The lowest BCUT2D eigenvalue weighted by Gasteiger charge is -2.29. The highest BCUT2D eigenvalue weighted by atomic mass is 32.1. The Morgan fingerprint density at radius 1 is 0.397 bits per heavy atom. The minimum atomic E-state index is 0.968. The van der Waals surface area contributed by atoms with Crippen molar-refractivity contribution in [1.29, 1.82) is 0 Å². The highest BCUT2D eigenvalue weighted by molar-refractivity contribution is 7.22. The average molecular weight is 782 g/mol. The lowest BCUT2D eigenvalue weighted by atomic mass is 10.1. The van der Waals surface area contributed by atoms with Crippen molar-refractivity contribution in [1.82, 2.24) is 14.5 Å². The number of pyridine rings is 2. The van der Waals surface area contributed by atoms with E-state index in [0.717, 1.165) is 56.2 Å². The first-order valence-corrected chi connectivity index (χ1v) is 20.9. The largest absolute Gasteiger partial charge is 0.316 e. The van der Waals surface area contributed by atoms with Crippen molar-refractivity contribution in [2.75, 3.05) is 9.80 Å². The first kappa shape index (κ1) is 34.2. The summed E-state index contributed by atoms with van der Waals surface area (Å²) < 4.78 is 4.89. The molecular formula is C51H35N5S2. The Labute approximate surface area is 344 Å². The first-order valence-electron chi connectivity index (χ1n) is 19.3. The summed E-state index contributed by atoms with van der Waals surface area (Å²) >= 11 is 3.66. The second-order valence-corrected chi connectivity index (χ2v) is 16.6. The zero-order valence-electron chi connectivity index (χ0n) is 31.5. The van der Waals surface area contributed by atoms with Crippen LogP contribution in [0.2, 0.25) is 0 Å². The molecule has 0 spiro atoms. The molecular weight excluding hydrogens is 747 g/mol. The van der Waals surface area contributed by atoms with Crippen LogP contribution in [0.15, 0.2) is 194 Å². The zero-order valence-corrected chi connectivity index (χ0v) is 33.2. The number of fused-ring (bicyclic) bond motifs is 4. The summed E-state index contributed by atoms with van der Waals surface area (Å²) in [6.45, 7) is 0. The topological polar surface area (TPSA) is 37.2 Å². The van der Waals surface area contributed by atoms with Gasteiger partial charge in [0.25, 0.3) is 0 Å². The Kier molecular flexibility index (Phi) is 8.35. The third-order valence-corrected chi connectivity index (χ3v) is 13.2. The number of hydrogen-bond donors (Lipinski definition) is 0. The maximum atomic E-state index is 4.63. The fourth-order valence-electron chi connectivity index (χ4n) is 7.97. The van der Waals surface area contributed by atoms with E-state index in [-0.39, 0.29) is 0 Å². The minimum Gasteiger partial charge on any atom is -0.316 e. The molecule has 0 N–H and O–H groups in total. The summed E-state index contributed by atoms with van der Waals surface area (Å²) in [5.41, 5.74) is 8.59. The summed E-state index contributed by atoms with van der Waals surface area (Å²) in [6.07, 6.45) is 3.70. The third kappa shape index (κ3) is 6.09. The molecule has 5 heterocycles. The monoisotopic (exact) mass is 781 g/mol. The molecule has 0 saturated carbocycles. The van der Waals surface area contributed by atoms with Crippen LogP contribution in [-0.4, -0.2) is 14.5 Å². The molecule has 11 rings (SSSR count). The summed E-state index contributed by atoms with van der Waals surface area (Å²) in [5.74, 6) is 2.06. The van der Waals surface area contributed by atoms with Crippen LogP contribution < -0.4 is 9.80 Å². The van der Waals surface area contributed by atoms with Gasteiger partial charge in [-0.25, -0.2) is 0 Å². The molecule has 7 heteroatoms. The fourth-order valence-corrected chi connectivity index (χ4v) is 10.1. The third-order valence-electron chi connectivity index (χ3n) is 10.9. The molecule has 0 fully saturated rings. The van der Waals surface area contributed by atoms with Crippen LogP contribution in [0.25, 0.3) is 62.9 Å². The number of hydrogen-bond acceptors (Lipinski definition) is 6. The highest BCUT2D eigenvalue weighted by Gasteiger charge is 2.23. The quantitative estimate of drug-likeness (QED) is 0.154. The normalized spacial score (nSPS) is 11.5. The van der Waals surface area contributed by atoms with Gasteiger partial charge in [-0.2, -0.15) is 0 Å². The molecule has 0 aliphatic heterocycles. The second-order valence-electron chi connectivity index (χ2n) is 14.4. The van der Waals surface area contributed by atoms with Gasteiger partial charge in [-0.15, -0.1) is 22.7 Å². The van der Waals surface area contributed by atoms with Gasteiger partial charge in [0.1, 0.15) is 11.6 Å². The van der Waals surface area contributed by atoms with Gasteiger partial charge in [-0.05, 0) is 131 Å². The van der Waals surface area contributed by atoms with E-state index >= 15 is 0 Å². The van der Waals surface area contributed by atoms with Crippen LogP contribution >= 0.6 is 22.7 Å². The number of aromatic nitrogens is 3. The Morgan fingerprint density at radius 3 is 1.26 bits per heavy atom. The van der Waals surface area contributed by atoms with E-state index in [4.69, 9.17) is 0 Å². The summed E-state index contributed by atoms with van der Waals surface area (Å²) in [7, 11) is 2.16. The van der Waals surface area contributed by atoms with Crippen molar-refractivity contribution in [3.63, 3.8) is 0 Å². The Morgan fingerprint density at radius 2 is 0.810 bits per heavy atom. The predicted octanol–water partition coefficient (Wildman–Crippen LogP) is 14.8. The molecule has 11 aromatic rings. The highest BCUT2D eigenvalue weighted by Crippen LogP contribution is 2.44. The van der Waals surface area contributed by atoms with E-state index in [1.165, 1.54) is 41.1 Å². The maximum absolute atomic E-state index is 4.63. The molecule has 0 aliphatic rings. The number of thiophene rings is 2. The van der Waals surface area contributed by atoms with E-state index in [1.807, 2.05) is 47.2 Å². The van der Waals surface area contributed by atoms with Crippen molar-refractivity contribution in [2.45, 2.75) is 0 Å². The van der Waals surface area contributed by atoms with Crippen LogP contribution in [0.4, 0.5) is 34.4 Å². The summed E-state index contributed by atoms with van der Waals surface area (Å²) in [5, 5.41) is 4.73. The van der Waals surface area contributed by atoms with Crippen molar-refractivity contribution >= 4 is 99.0 Å². The van der Waals surface area contributed by atoms with Crippen LogP contribution in [0.1, 0.15) is 0 Å². The van der Waals surface area contributed by atoms with Gasteiger partial charge in [0.05, 0.1) is 11.0 Å². The lowest BCUT2D eigenvalue weighted by molar-refractivity contribution is 0.901. The smallest absolute Gasteiger partial charge is 0.119 e. The Bertz CT molecular complexity index is 2980. The van der Waals surface area contributed by atoms with Gasteiger partial charge >= 0.3 is 0 Å². The van der Waals surface area contributed by atoms with Crippen LogP contribution in [0.5, 0.6) is 0 Å². The maximum Gasteiger partial charge on any atom is 0.119 e. The van der Waals surface area contributed by atoms with Gasteiger partial charge in [0.15, 0.2) is 0 Å². The van der Waals surface area contributed by atoms with E-state index in [1.54, 1.807) is 0 Å². The second kappa shape index (κ2) is 14.2. The van der Waals surface area contributed by atoms with Crippen molar-refractivity contribution < 1.29 is 0 Å². The van der Waals surface area contributed by atoms with E-state index in [9.17, 15) is 0 Å². The first-order chi connectivity index (χ1) is 28.6. The molecule has 0 aliphatic carbocycles. The zero-order chi connectivity index (χ0) is 38.6. The number of rotatable bonds is 8. The molecule has 58 heavy (non-hydrogen) atoms. The van der Waals surface area contributed by atoms with Crippen molar-refractivity contribution in [3.8, 4) is 20.9 Å². The van der Waals surface area contributed by atoms with Gasteiger partial charge in [-0.3, -0.25) is 19.8 Å². The summed E-state index contributed by atoms with van der Waals surface area (Å²) in [4.78, 5) is 16.5. The molecule has 0 unspecified atom stereocenters. The van der Waals surface area contributed by atoms with Gasteiger partial charge in [-0.1, -0.05) is 72.8 Å². The molecule has 0 radical (unpaired) electrons. The SMILES string of the molecule is Cn1c(N(c2ccc(-c3cc4ccccc4s3)cc2)c2ccc3ncccc3c2)ccc1N(c1ccc(-c2cc3ccccc3s2)cc1)c1ccc2ncccc2c1. The average Bonchev–Trinajstić information content (AvgIpc) is 4.02. The molecule has 0 amide bonds. The number of nitrogens with zero attached hydrogens (tertiary/aromatic N) is 5. The molecule has 6 aromatic carbocycles. The standard InChI is InChI=1S/C51H35N5S2/c1-54-50(55(42-22-24-44-36(30-42)10-6-28-52-44)40-18-14-34(15-19-40)48-32-38-8-2-4-12-46(38)57-48)26-27-51(54)56(43-23-25-45-37(31-43)11-7-29-53-45)41-20-16-35(17-21-41)49-33-39-9-3-5-13-47(39)58-49/h2-33H,1H3. The van der Waals surface area contributed by atoms with Gasteiger partial charge < -0.3 is 4.57 Å². The van der Waals surface area contributed by atoms with Crippen LogP contribution in [0, 0.1) is 0 Å². The molecule has 276 valence electrons. The van der Waals surface area contributed by atoms with E-state index < -0.39 is 0 Å². The van der Waals surface area contributed by atoms with E-state index in [0.29, 0.717) is 0 Å². The van der Waals surface area contributed by atoms with Gasteiger partial charge in [0.2, 0.25) is 0 Å². The molecule has 0 bridgehead atoms. The van der Waals surface area contributed by atoms with Crippen molar-refractivity contribution in [2.24, 2.45) is 7.05 Å². The molecule has 0 saturated heterocycles. The van der Waals surface area contributed by atoms with Gasteiger partial charge in [0, 0.05) is 72.1 Å². The Hall–Kier alpha value is -7.06. The minimum absolute atomic E-state index is 0.968.